The van der Waals surface area contributed by atoms with Gasteiger partial charge >= 0.3 is 6.18 Å². The summed E-state index contributed by atoms with van der Waals surface area (Å²) in [5.41, 5.74) is 0.645. The highest BCUT2D eigenvalue weighted by Gasteiger charge is 2.30. The van der Waals surface area contributed by atoms with Crippen LogP contribution >= 0.6 is 0 Å². The molecule has 2 heterocycles. The molecule has 2 aromatic heterocycles. The Morgan fingerprint density at radius 2 is 1.76 bits per heavy atom. The first-order valence-electron chi connectivity index (χ1n) is 8.65. The van der Waals surface area contributed by atoms with Gasteiger partial charge in [-0.25, -0.2) is 15.0 Å². The number of hydrogen-bond donors (Lipinski definition) is 1. The highest BCUT2D eigenvalue weighted by molar-refractivity contribution is 5.90. The fraction of sp³-hybridized carbons (Fsp3) is 0.0952. The van der Waals surface area contributed by atoms with Crippen molar-refractivity contribution in [3.8, 4) is 17.1 Å². The third kappa shape index (κ3) is 3.96. The van der Waals surface area contributed by atoms with Crippen LogP contribution in [0.3, 0.4) is 0 Å². The predicted molar refractivity (Wildman–Crippen MR) is 104 cm³/mol. The van der Waals surface area contributed by atoms with E-state index in [0.717, 1.165) is 12.1 Å². The van der Waals surface area contributed by atoms with Crippen LogP contribution in [0.15, 0.2) is 66.9 Å². The van der Waals surface area contributed by atoms with Gasteiger partial charge in [-0.3, -0.25) is 0 Å². The second-order valence-electron chi connectivity index (χ2n) is 6.21. The average molecular weight is 396 g/mol. The first kappa shape index (κ1) is 18.7. The Morgan fingerprint density at radius 3 is 2.55 bits per heavy atom. The lowest BCUT2D eigenvalue weighted by molar-refractivity contribution is -0.137. The van der Waals surface area contributed by atoms with Crippen molar-refractivity contribution in [2.45, 2.75) is 6.18 Å². The maximum Gasteiger partial charge on any atom is 0.416 e. The van der Waals surface area contributed by atoms with Crippen LogP contribution in [0.25, 0.3) is 22.4 Å². The van der Waals surface area contributed by atoms with Gasteiger partial charge in [0.05, 0.1) is 18.1 Å². The molecule has 1 N–H and O–H groups in total. The quantitative estimate of drug-likeness (QED) is 0.496. The number of nitrogens with zero attached hydrogens (tertiary/aromatic N) is 3. The van der Waals surface area contributed by atoms with Gasteiger partial charge in [0.2, 0.25) is 0 Å². The minimum atomic E-state index is -4.43. The van der Waals surface area contributed by atoms with Gasteiger partial charge in [-0.1, -0.05) is 18.2 Å². The number of aromatic nitrogens is 3. The highest BCUT2D eigenvalue weighted by Crippen LogP contribution is 2.32. The summed E-state index contributed by atoms with van der Waals surface area (Å²) in [4.78, 5) is 13.3. The van der Waals surface area contributed by atoms with Crippen molar-refractivity contribution in [2.24, 2.45) is 0 Å². The lowest BCUT2D eigenvalue weighted by atomic mass is 10.1. The molecular weight excluding hydrogens is 381 g/mol. The number of rotatable bonds is 4. The molecule has 0 unspecified atom stereocenters. The predicted octanol–water partition coefficient (Wildman–Crippen LogP) is 5.46. The Morgan fingerprint density at radius 1 is 0.931 bits per heavy atom. The minimum absolute atomic E-state index is 0.264. The van der Waals surface area contributed by atoms with Crippen LogP contribution in [0, 0.1) is 0 Å². The van der Waals surface area contributed by atoms with Crippen molar-refractivity contribution in [1.29, 1.82) is 0 Å². The van der Waals surface area contributed by atoms with Gasteiger partial charge in [0.15, 0.2) is 11.5 Å². The van der Waals surface area contributed by atoms with Gasteiger partial charge in [0, 0.05) is 17.4 Å². The van der Waals surface area contributed by atoms with Crippen molar-refractivity contribution < 1.29 is 17.9 Å². The van der Waals surface area contributed by atoms with Crippen LogP contribution in [-0.4, -0.2) is 22.1 Å². The van der Waals surface area contributed by atoms with Crippen molar-refractivity contribution in [3.63, 3.8) is 0 Å². The molecule has 0 aliphatic rings. The summed E-state index contributed by atoms with van der Waals surface area (Å²) < 4.78 is 44.4. The summed E-state index contributed by atoms with van der Waals surface area (Å²) in [6.45, 7) is 0. The molecule has 4 rings (SSSR count). The summed E-state index contributed by atoms with van der Waals surface area (Å²) in [6.07, 6.45) is -2.84. The van der Waals surface area contributed by atoms with Gasteiger partial charge in [-0.2, -0.15) is 13.2 Å². The molecule has 29 heavy (non-hydrogen) atoms. The molecule has 0 radical (unpaired) electrons. The second-order valence-corrected chi connectivity index (χ2v) is 6.21. The van der Waals surface area contributed by atoms with E-state index in [2.05, 4.69) is 20.3 Å². The zero-order chi connectivity index (χ0) is 20.4. The summed E-state index contributed by atoms with van der Waals surface area (Å²) in [7, 11) is 1.56. The first-order chi connectivity index (χ1) is 13.9. The smallest absolute Gasteiger partial charge is 0.416 e. The number of nitrogens with one attached hydrogen (secondary N) is 1. The summed E-state index contributed by atoms with van der Waals surface area (Å²) in [5, 5.41) is 3.57. The number of pyridine rings is 1. The molecule has 0 spiro atoms. The molecule has 0 atom stereocenters. The zero-order valence-electron chi connectivity index (χ0n) is 15.2. The van der Waals surface area contributed by atoms with Gasteiger partial charge < -0.3 is 10.1 Å². The summed E-state index contributed by atoms with van der Waals surface area (Å²) >= 11 is 0. The fourth-order valence-corrected chi connectivity index (χ4v) is 2.86. The van der Waals surface area contributed by atoms with E-state index < -0.39 is 11.7 Å². The molecule has 0 saturated heterocycles. The lowest BCUT2D eigenvalue weighted by Crippen LogP contribution is -2.06. The van der Waals surface area contributed by atoms with E-state index in [1.807, 2.05) is 6.07 Å². The first-order valence-corrected chi connectivity index (χ1v) is 8.65. The maximum absolute atomic E-state index is 13.0. The second kappa shape index (κ2) is 7.38. The van der Waals surface area contributed by atoms with Crippen molar-refractivity contribution in [2.75, 3.05) is 12.4 Å². The van der Waals surface area contributed by atoms with Crippen molar-refractivity contribution in [1.82, 2.24) is 15.0 Å². The Labute approximate surface area is 164 Å². The number of benzene rings is 2. The highest BCUT2D eigenvalue weighted by atomic mass is 19.4. The molecular formula is C21H15F3N4O. The third-order valence-corrected chi connectivity index (χ3v) is 4.25. The largest absolute Gasteiger partial charge is 0.497 e. The maximum atomic E-state index is 13.0. The molecule has 2 aromatic carbocycles. The van der Waals surface area contributed by atoms with Crippen LogP contribution in [0.1, 0.15) is 5.56 Å². The molecule has 8 heteroatoms. The van der Waals surface area contributed by atoms with Gasteiger partial charge in [-0.15, -0.1) is 0 Å². The normalized spacial score (nSPS) is 11.4. The van der Waals surface area contributed by atoms with Crippen LogP contribution in [-0.2, 0) is 6.18 Å². The number of halogens is 3. The molecule has 4 aromatic rings. The Bertz CT molecular complexity index is 1180. The van der Waals surface area contributed by atoms with Crippen LogP contribution in [0.4, 0.5) is 24.7 Å². The SMILES string of the molecule is COc1cccc(-c2nc(Nc3cccc(C(F)(F)F)c3)c3cccnc3n2)c1. The van der Waals surface area contributed by atoms with E-state index in [-0.39, 0.29) is 5.69 Å². The van der Waals surface area contributed by atoms with E-state index in [1.54, 1.807) is 49.7 Å². The van der Waals surface area contributed by atoms with Crippen LogP contribution in [0.5, 0.6) is 5.75 Å². The monoisotopic (exact) mass is 396 g/mol. The lowest BCUT2D eigenvalue weighted by Gasteiger charge is -2.13. The van der Waals surface area contributed by atoms with E-state index in [1.165, 1.54) is 6.07 Å². The fourth-order valence-electron chi connectivity index (χ4n) is 2.86. The van der Waals surface area contributed by atoms with Gasteiger partial charge in [-0.05, 0) is 42.5 Å². The summed E-state index contributed by atoms with van der Waals surface area (Å²) in [5.74, 6) is 1.38. The molecule has 146 valence electrons. The Kier molecular flexibility index (Phi) is 4.75. The molecule has 5 nitrogen and oxygen atoms in total. The molecule has 0 saturated carbocycles. The zero-order valence-corrected chi connectivity index (χ0v) is 15.2. The molecule has 0 amide bonds. The van der Waals surface area contributed by atoms with E-state index in [4.69, 9.17) is 4.74 Å². The number of hydrogen-bond acceptors (Lipinski definition) is 5. The summed E-state index contributed by atoms with van der Waals surface area (Å²) in [6, 6.07) is 15.6. The Hall–Kier alpha value is -3.68. The van der Waals surface area contributed by atoms with Gasteiger partial charge in [0.1, 0.15) is 11.6 Å². The van der Waals surface area contributed by atoms with E-state index in [9.17, 15) is 13.2 Å². The van der Waals surface area contributed by atoms with E-state index in [0.29, 0.717) is 34.0 Å². The molecule has 0 fully saturated rings. The number of alkyl halides is 3. The number of ether oxygens (including phenoxy) is 1. The number of methoxy groups -OCH3 is 1. The van der Waals surface area contributed by atoms with Crippen molar-refractivity contribution >= 4 is 22.5 Å². The van der Waals surface area contributed by atoms with Crippen molar-refractivity contribution in [3.05, 3.63) is 72.4 Å². The minimum Gasteiger partial charge on any atom is -0.497 e. The average Bonchev–Trinajstić information content (AvgIpc) is 2.73. The molecule has 0 bridgehead atoms. The Balaban J connectivity index is 1.81. The molecule has 0 aliphatic heterocycles. The third-order valence-electron chi connectivity index (χ3n) is 4.25. The topological polar surface area (TPSA) is 59.9 Å². The molecule has 0 aliphatic carbocycles. The number of fused-ring (bicyclic) bond motifs is 1. The van der Waals surface area contributed by atoms with E-state index >= 15 is 0 Å². The standard InChI is InChI=1S/C21H15F3N4O/c1-29-16-8-2-5-13(11-16)18-27-19-17(9-4-10-25-19)20(28-18)26-15-7-3-6-14(12-15)21(22,23)24/h2-12H,1H3,(H,25,26,27,28). The van der Waals surface area contributed by atoms with Crippen LogP contribution in [0.2, 0.25) is 0 Å². The van der Waals surface area contributed by atoms with Gasteiger partial charge in [0.25, 0.3) is 0 Å². The van der Waals surface area contributed by atoms with Crippen LogP contribution < -0.4 is 10.1 Å². The number of anilines is 2.